The molecule has 4 heteroatoms. The van der Waals surface area contributed by atoms with Crippen molar-refractivity contribution in [3.63, 3.8) is 0 Å². The molecule has 0 heterocycles. The van der Waals surface area contributed by atoms with Crippen LogP contribution in [0.3, 0.4) is 0 Å². The van der Waals surface area contributed by atoms with E-state index in [2.05, 4.69) is 5.32 Å². The third-order valence-corrected chi connectivity index (χ3v) is 3.34. The van der Waals surface area contributed by atoms with Crippen LogP contribution in [0.4, 0.5) is 4.39 Å². The minimum atomic E-state index is -0.326. The van der Waals surface area contributed by atoms with Crippen LogP contribution in [-0.2, 0) is 6.54 Å². The van der Waals surface area contributed by atoms with Crippen LogP contribution in [0, 0.1) is 5.82 Å². The van der Waals surface area contributed by atoms with E-state index in [0.29, 0.717) is 18.2 Å². The Hall–Kier alpha value is -0.310. The molecule has 0 unspecified atom stereocenters. The van der Waals surface area contributed by atoms with Gasteiger partial charge in [0.1, 0.15) is 5.82 Å². The van der Waals surface area contributed by atoms with Gasteiger partial charge in [-0.05, 0) is 18.9 Å². The molecular formula is C11H12Cl2FN. The van der Waals surface area contributed by atoms with Gasteiger partial charge < -0.3 is 5.32 Å². The van der Waals surface area contributed by atoms with Crippen molar-refractivity contribution in [2.24, 2.45) is 0 Å². The summed E-state index contributed by atoms with van der Waals surface area (Å²) in [6.07, 6.45) is 1.92. The lowest BCUT2D eigenvalue weighted by Crippen LogP contribution is -2.41. The number of hydrogen-bond donors (Lipinski definition) is 1. The van der Waals surface area contributed by atoms with Gasteiger partial charge in [-0.25, -0.2) is 4.39 Å². The molecule has 1 aromatic rings. The summed E-state index contributed by atoms with van der Waals surface area (Å²) in [5.74, 6) is -0.326. The summed E-state index contributed by atoms with van der Waals surface area (Å²) < 4.78 is 13.5. The van der Waals surface area contributed by atoms with Gasteiger partial charge in [-0.15, -0.1) is 11.6 Å². The summed E-state index contributed by atoms with van der Waals surface area (Å²) in [6, 6.07) is 5.47. The lowest BCUT2D eigenvalue weighted by atomic mass is 9.92. The molecule has 1 aliphatic carbocycles. The topological polar surface area (TPSA) is 12.0 Å². The van der Waals surface area contributed by atoms with Crippen LogP contribution in [0.2, 0.25) is 5.02 Å². The van der Waals surface area contributed by atoms with Crippen molar-refractivity contribution in [2.75, 3.05) is 0 Å². The summed E-state index contributed by atoms with van der Waals surface area (Å²) >= 11 is 11.5. The zero-order valence-corrected chi connectivity index (χ0v) is 9.65. The highest BCUT2D eigenvalue weighted by Crippen LogP contribution is 2.26. The van der Waals surface area contributed by atoms with E-state index in [1.165, 1.54) is 0 Å². The number of halogens is 3. The standard InChI is InChI=1S/C11H12Cl2FN/c12-8-4-9(5-8)15-6-7-2-1-3-10(13)11(7)14/h1-3,8-9,15H,4-6H2. The van der Waals surface area contributed by atoms with Crippen molar-refractivity contribution >= 4 is 23.2 Å². The predicted molar refractivity (Wildman–Crippen MR) is 60.9 cm³/mol. The first-order valence-corrected chi connectivity index (χ1v) is 5.78. The minimum absolute atomic E-state index is 0.179. The van der Waals surface area contributed by atoms with Crippen LogP contribution in [0.15, 0.2) is 18.2 Å². The van der Waals surface area contributed by atoms with Crippen molar-refractivity contribution in [1.82, 2.24) is 5.32 Å². The second-order valence-corrected chi connectivity index (χ2v) is 4.88. The zero-order chi connectivity index (χ0) is 10.8. The second kappa shape index (κ2) is 4.69. The van der Waals surface area contributed by atoms with Crippen LogP contribution >= 0.6 is 23.2 Å². The molecule has 1 fully saturated rings. The summed E-state index contributed by atoms with van der Waals surface area (Å²) in [5.41, 5.74) is 0.612. The van der Waals surface area contributed by atoms with E-state index < -0.39 is 0 Å². The molecule has 1 nitrogen and oxygen atoms in total. The van der Waals surface area contributed by atoms with Gasteiger partial charge in [-0.1, -0.05) is 23.7 Å². The second-order valence-electron chi connectivity index (χ2n) is 3.86. The van der Waals surface area contributed by atoms with Crippen molar-refractivity contribution < 1.29 is 4.39 Å². The molecule has 0 aromatic heterocycles. The Morgan fingerprint density at radius 3 is 2.80 bits per heavy atom. The van der Waals surface area contributed by atoms with Crippen LogP contribution in [0.25, 0.3) is 0 Å². The minimum Gasteiger partial charge on any atom is -0.310 e. The highest BCUT2D eigenvalue weighted by Gasteiger charge is 2.26. The lowest BCUT2D eigenvalue weighted by molar-refractivity contribution is 0.343. The Kier molecular flexibility index (Phi) is 3.49. The molecule has 0 atom stereocenters. The molecule has 1 saturated carbocycles. The van der Waals surface area contributed by atoms with E-state index >= 15 is 0 Å². The number of alkyl halides is 1. The number of benzene rings is 1. The Labute approximate surface area is 98.6 Å². The highest BCUT2D eigenvalue weighted by molar-refractivity contribution is 6.30. The van der Waals surface area contributed by atoms with Gasteiger partial charge in [0.05, 0.1) is 5.02 Å². The fourth-order valence-electron chi connectivity index (χ4n) is 1.65. The van der Waals surface area contributed by atoms with E-state index in [9.17, 15) is 4.39 Å². The average molecular weight is 248 g/mol. The average Bonchev–Trinajstić information content (AvgIpc) is 2.17. The van der Waals surface area contributed by atoms with Crippen molar-refractivity contribution in [2.45, 2.75) is 30.8 Å². The van der Waals surface area contributed by atoms with Gasteiger partial charge >= 0.3 is 0 Å². The maximum atomic E-state index is 13.5. The SMILES string of the molecule is Fc1c(Cl)cccc1CNC1CC(Cl)C1. The van der Waals surface area contributed by atoms with E-state index in [1.807, 2.05) is 0 Å². The molecule has 1 aliphatic rings. The molecule has 1 aromatic carbocycles. The maximum Gasteiger partial charge on any atom is 0.146 e. The van der Waals surface area contributed by atoms with Crippen LogP contribution in [-0.4, -0.2) is 11.4 Å². The highest BCUT2D eigenvalue weighted by atomic mass is 35.5. The summed E-state index contributed by atoms with van der Waals surface area (Å²) in [6.45, 7) is 0.515. The van der Waals surface area contributed by atoms with Crippen LogP contribution in [0.1, 0.15) is 18.4 Å². The van der Waals surface area contributed by atoms with Gasteiger partial charge in [0.25, 0.3) is 0 Å². The fourth-order valence-corrected chi connectivity index (χ4v) is 2.28. The summed E-state index contributed by atoms with van der Waals surface area (Å²) in [4.78, 5) is 0. The first-order valence-electron chi connectivity index (χ1n) is 4.97. The largest absolute Gasteiger partial charge is 0.310 e. The van der Waals surface area contributed by atoms with Crippen LogP contribution in [0.5, 0.6) is 0 Å². The fraction of sp³-hybridized carbons (Fsp3) is 0.455. The Bertz CT molecular complexity index is 350. The van der Waals surface area contributed by atoms with Crippen molar-refractivity contribution in [3.8, 4) is 0 Å². The molecule has 82 valence electrons. The third-order valence-electron chi connectivity index (χ3n) is 2.69. The van der Waals surface area contributed by atoms with Gasteiger partial charge in [0.15, 0.2) is 0 Å². The molecule has 0 radical (unpaired) electrons. The van der Waals surface area contributed by atoms with Crippen LogP contribution < -0.4 is 5.32 Å². The molecule has 0 amide bonds. The lowest BCUT2D eigenvalue weighted by Gasteiger charge is -2.31. The molecule has 15 heavy (non-hydrogen) atoms. The van der Waals surface area contributed by atoms with E-state index in [1.54, 1.807) is 18.2 Å². The van der Waals surface area contributed by atoms with Gasteiger partial charge in [-0.2, -0.15) is 0 Å². The van der Waals surface area contributed by atoms with Crippen molar-refractivity contribution in [3.05, 3.63) is 34.6 Å². The molecule has 0 saturated heterocycles. The van der Waals surface area contributed by atoms with Crippen molar-refractivity contribution in [1.29, 1.82) is 0 Å². The predicted octanol–water partition coefficient (Wildman–Crippen LogP) is 3.34. The third kappa shape index (κ3) is 2.63. The number of nitrogens with one attached hydrogen (secondary N) is 1. The summed E-state index contributed by atoms with van der Waals surface area (Å²) in [7, 11) is 0. The monoisotopic (exact) mass is 247 g/mol. The van der Waals surface area contributed by atoms with Gasteiger partial charge in [0, 0.05) is 23.5 Å². The maximum absolute atomic E-state index is 13.5. The zero-order valence-electron chi connectivity index (χ0n) is 8.14. The Balaban J connectivity index is 1.91. The normalized spacial score (nSPS) is 25.0. The smallest absolute Gasteiger partial charge is 0.146 e. The number of hydrogen-bond acceptors (Lipinski definition) is 1. The molecular weight excluding hydrogens is 236 g/mol. The van der Waals surface area contributed by atoms with E-state index in [0.717, 1.165) is 12.8 Å². The molecule has 0 spiro atoms. The molecule has 2 rings (SSSR count). The Morgan fingerprint density at radius 2 is 2.13 bits per heavy atom. The number of rotatable bonds is 3. The molecule has 1 N–H and O–H groups in total. The molecule has 0 bridgehead atoms. The first kappa shape index (κ1) is 11.2. The van der Waals surface area contributed by atoms with Gasteiger partial charge in [-0.3, -0.25) is 0 Å². The van der Waals surface area contributed by atoms with Gasteiger partial charge in [0.2, 0.25) is 0 Å². The first-order chi connectivity index (χ1) is 7.16. The molecule has 0 aliphatic heterocycles. The van der Waals surface area contributed by atoms with E-state index in [-0.39, 0.29) is 16.2 Å². The Morgan fingerprint density at radius 1 is 1.40 bits per heavy atom. The summed E-state index contributed by atoms with van der Waals surface area (Å²) in [5, 5.41) is 3.71. The quantitative estimate of drug-likeness (QED) is 0.809. The van der Waals surface area contributed by atoms with E-state index in [4.69, 9.17) is 23.2 Å².